The van der Waals surface area contributed by atoms with Crippen molar-refractivity contribution in [3.8, 4) is 22.9 Å². The topological polar surface area (TPSA) is 103 Å². The van der Waals surface area contributed by atoms with Gasteiger partial charge in [-0.2, -0.15) is 5.10 Å². The van der Waals surface area contributed by atoms with Crippen LogP contribution in [-0.2, 0) is 0 Å². The largest absolute Gasteiger partial charge is 0.366 e. The summed E-state index contributed by atoms with van der Waals surface area (Å²) in [5.74, 6) is 0.711. The number of nitrogens with one attached hydrogen (secondary N) is 2. The Morgan fingerprint density at radius 3 is 2.68 bits per heavy atom. The number of piperazine rings is 1. The van der Waals surface area contributed by atoms with Crippen molar-refractivity contribution in [3.05, 3.63) is 49.1 Å². The number of hydrogen-bond donors (Lipinski definition) is 2. The molecule has 6 heterocycles. The van der Waals surface area contributed by atoms with E-state index in [9.17, 15) is 0 Å². The Kier molecular flexibility index (Phi) is 4.13. The van der Waals surface area contributed by atoms with Gasteiger partial charge in [0.25, 0.3) is 0 Å². The molecule has 5 aromatic rings. The highest BCUT2D eigenvalue weighted by Crippen LogP contribution is 2.31. The molecule has 6 rings (SSSR count). The summed E-state index contributed by atoms with van der Waals surface area (Å²) < 4.78 is 0. The van der Waals surface area contributed by atoms with Crippen molar-refractivity contribution in [2.45, 2.75) is 0 Å². The fourth-order valence-corrected chi connectivity index (χ4v) is 4.06. The molecular weight excluding hydrogens is 390 g/mol. The summed E-state index contributed by atoms with van der Waals surface area (Å²) in [5.41, 5.74) is 6.12. The first-order valence-corrected chi connectivity index (χ1v) is 10.3. The number of pyridine rings is 3. The second-order valence-corrected chi connectivity index (χ2v) is 7.83. The number of aromatic nitrogens is 7. The summed E-state index contributed by atoms with van der Waals surface area (Å²) in [6.45, 7) is 3.98. The molecule has 31 heavy (non-hydrogen) atoms. The van der Waals surface area contributed by atoms with Gasteiger partial charge >= 0.3 is 0 Å². The smallest absolute Gasteiger partial charge is 0.159 e. The molecule has 0 radical (unpaired) electrons. The predicted molar refractivity (Wildman–Crippen MR) is 120 cm³/mol. The number of nitrogens with zero attached hydrogens (tertiary/aromatic N) is 7. The van der Waals surface area contributed by atoms with Crippen molar-refractivity contribution < 1.29 is 0 Å². The van der Waals surface area contributed by atoms with Crippen LogP contribution in [0.2, 0.25) is 0 Å². The van der Waals surface area contributed by atoms with E-state index in [4.69, 9.17) is 4.98 Å². The second kappa shape index (κ2) is 7.13. The zero-order valence-corrected chi connectivity index (χ0v) is 17.1. The molecule has 9 heteroatoms. The lowest BCUT2D eigenvalue weighted by atomic mass is 10.1. The molecule has 1 aliphatic rings. The lowest BCUT2D eigenvalue weighted by molar-refractivity contribution is 0.313. The number of fused-ring (bicyclic) bond motifs is 2. The van der Waals surface area contributed by atoms with Crippen LogP contribution >= 0.6 is 0 Å². The third-order valence-electron chi connectivity index (χ3n) is 5.82. The SMILES string of the molecule is CN1CCN(c2cncc3[nH]c(-c4n[nH]c5cnc(-c6ccccn6)cc45)nc23)CC1. The lowest BCUT2D eigenvalue weighted by Gasteiger charge is -2.33. The molecule has 0 spiro atoms. The third-order valence-corrected chi connectivity index (χ3v) is 5.82. The Labute approximate surface area is 178 Å². The molecule has 0 unspecified atom stereocenters. The minimum absolute atomic E-state index is 0.711. The third kappa shape index (κ3) is 3.10. The van der Waals surface area contributed by atoms with Gasteiger partial charge in [0, 0.05) is 37.8 Å². The van der Waals surface area contributed by atoms with E-state index in [2.05, 4.69) is 47.0 Å². The molecule has 5 aromatic heterocycles. The maximum absolute atomic E-state index is 4.93. The summed E-state index contributed by atoms with van der Waals surface area (Å²) in [6, 6.07) is 7.80. The summed E-state index contributed by atoms with van der Waals surface area (Å²) in [4.78, 5) is 26.4. The number of H-pyrrole nitrogens is 2. The van der Waals surface area contributed by atoms with Crippen LogP contribution in [0.15, 0.2) is 49.1 Å². The van der Waals surface area contributed by atoms with Crippen LogP contribution in [0.4, 0.5) is 5.69 Å². The van der Waals surface area contributed by atoms with Gasteiger partial charge < -0.3 is 14.8 Å². The van der Waals surface area contributed by atoms with E-state index in [1.165, 1.54) is 0 Å². The normalized spacial score (nSPS) is 15.2. The van der Waals surface area contributed by atoms with Gasteiger partial charge in [-0.1, -0.05) is 6.07 Å². The first-order chi connectivity index (χ1) is 15.3. The zero-order valence-electron chi connectivity index (χ0n) is 17.1. The maximum Gasteiger partial charge on any atom is 0.159 e. The highest BCUT2D eigenvalue weighted by Gasteiger charge is 2.20. The van der Waals surface area contributed by atoms with Crippen molar-refractivity contribution >= 4 is 27.6 Å². The number of rotatable bonds is 3. The standard InChI is InChI=1S/C22H21N9/c1-30-6-8-31(9-7-30)19-13-23-11-18-21(19)27-22(26-18)20-14-10-16(15-4-2-3-5-24-15)25-12-17(14)28-29-20/h2-5,10-13H,6-9H2,1H3,(H,26,27)(H,28,29). The molecule has 154 valence electrons. The monoisotopic (exact) mass is 411 g/mol. The fraction of sp³-hybridized carbons (Fsp3) is 0.227. The van der Waals surface area contributed by atoms with Gasteiger partial charge in [0.15, 0.2) is 5.82 Å². The van der Waals surface area contributed by atoms with E-state index in [1.807, 2.05) is 36.7 Å². The summed E-state index contributed by atoms with van der Waals surface area (Å²) in [6.07, 6.45) is 7.28. The molecule has 0 atom stereocenters. The molecule has 9 nitrogen and oxygen atoms in total. The average Bonchev–Trinajstić information content (AvgIpc) is 3.43. The summed E-state index contributed by atoms with van der Waals surface area (Å²) in [7, 11) is 2.15. The number of likely N-dealkylation sites (N-methyl/N-ethyl adjacent to an activating group) is 1. The Balaban J connectivity index is 1.44. The van der Waals surface area contributed by atoms with Crippen LogP contribution in [0.25, 0.3) is 44.8 Å². The predicted octanol–water partition coefficient (Wildman–Crippen LogP) is 2.71. The van der Waals surface area contributed by atoms with Gasteiger partial charge in [0.1, 0.15) is 11.2 Å². The highest BCUT2D eigenvalue weighted by atomic mass is 15.3. The van der Waals surface area contributed by atoms with E-state index in [0.29, 0.717) is 5.82 Å². The molecule has 2 N–H and O–H groups in total. The average molecular weight is 411 g/mol. The van der Waals surface area contributed by atoms with Gasteiger partial charge in [0.05, 0.1) is 46.7 Å². The van der Waals surface area contributed by atoms with Crippen LogP contribution in [-0.4, -0.2) is 73.2 Å². The molecule has 1 saturated heterocycles. The molecule has 0 bridgehead atoms. The number of hydrogen-bond acceptors (Lipinski definition) is 7. The summed E-state index contributed by atoms with van der Waals surface area (Å²) >= 11 is 0. The molecule has 0 amide bonds. The molecule has 1 fully saturated rings. The number of imidazole rings is 1. The van der Waals surface area contributed by atoms with Crippen LogP contribution in [0.1, 0.15) is 0 Å². The first kappa shape index (κ1) is 18.0. The summed E-state index contributed by atoms with van der Waals surface area (Å²) in [5, 5.41) is 8.54. The fourth-order valence-electron chi connectivity index (χ4n) is 4.06. The number of aromatic amines is 2. The van der Waals surface area contributed by atoms with Crippen molar-refractivity contribution in [1.82, 2.24) is 40.0 Å². The van der Waals surface area contributed by atoms with Crippen LogP contribution in [0.3, 0.4) is 0 Å². The van der Waals surface area contributed by atoms with Crippen molar-refractivity contribution in [3.63, 3.8) is 0 Å². The Hall–Kier alpha value is -3.85. The molecular formula is C22H21N9. The van der Waals surface area contributed by atoms with E-state index in [-0.39, 0.29) is 0 Å². The van der Waals surface area contributed by atoms with Crippen molar-refractivity contribution in [2.24, 2.45) is 0 Å². The van der Waals surface area contributed by atoms with Crippen molar-refractivity contribution in [1.29, 1.82) is 0 Å². The van der Waals surface area contributed by atoms with Crippen molar-refractivity contribution in [2.75, 3.05) is 38.1 Å². The maximum atomic E-state index is 4.93. The Morgan fingerprint density at radius 2 is 1.84 bits per heavy atom. The van der Waals surface area contributed by atoms with Gasteiger partial charge in [-0.3, -0.25) is 20.1 Å². The highest BCUT2D eigenvalue weighted by molar-refractivity contribution is 5.96. The quantitative estimate of drug-likeness (QED) is 0.471. The number of anilines is 1. The molecule has 1 aliphatic heterocycles. The van der Waals surface area contributed by atoms with E-state index < -0.39 is 0 Å². The second-order valence-electron chi connectivity index (χ2n) is 7.83. The van der Waals surface area contributed by atoms with Crippen LogP contribution in [0.5, 0.6) is 0 Å². The zero-order chi connectivity index (χ0) is 20.8. The van der Waals surface area contributed by atoms with Gasteiger partial charge in [0.2, 0.25) is 0 Å². The Bertz CT molecular complexity index is 1360. The van der Waals surface area contributed by atoms with Gasteiger partial charge in [-0.05, 0) is 25.2 Å². The van der Waals surface area contributed by atoms with E-state index >= 15 is 0 Å². The molecule has 0 aliphatic carbocycles. The van der Waals surface area contributed by atoms with E-state index in [0.717, 1.165) is 70.9 Å². The van der Waals surface area contributed by atoms with Gasteiger partial charge in [-0.15, -0.1) is 0 Å². The minimum atomic E-state index is 0.711. The van der Waals surface area contributed by atoms with Crippen LogP contribution < -0.4 is 4.90 Å². The lowest BCUT2D eigenvalue weighted by Crippen LogP contribution is -2.44. The van der Waals surface area contributed by atoms with Gasteiger partial charge in [-0.25, -0.2) is 4.98 Å². The molecule has 0 saturated carbocycles. The Morgan fingerprint density at radius 1 is 0.935 bits per heavy atom. The minimum Gasteiger partial charge on any atom is -0.366 e. The van der Waals surface area contributed by atoms with Crippen LogP contribution in [0, 0.1) is 0 Å². The molecule has 0 aromatic carbocycles. The van der Waals surface area contributed by atoms with E-state index in [1.54, 1.807) is 12.4 Å². The first-order valence-electron chi connectivity index (χ1n) is 10.3.